The number of likely N-dealkylation sites (tertiary alicyclic amines) is 1. The number of hydrogen-bond acceptors (Lipinski definition) is 3. The van der Waals surface area contributed by atoms with Gasteiger partial charge in [-0.1, -0.05) is 31.2 Å². The van der Waals surface area contributed by atoms with Crippen LogP contribution in [0.4, 0.5) is 0 Å². The van der Waals surface area contributed by atoms with Crippen molar-refractivity contribution in [3.63, 3.8) is 0 Å². The van der Waals surface area contributed by atoms with Gasteiger partial charge in [0.05, 0.1) is 6.61 Å². The lowest BCUT2D eigenvalue weighted by molar-refractivity contribution is 0.0943. The van der Waals surface area contributed by atoms with E-state index in [1.807, 2.05) is 50.2 Å². The number of carbonyl (C=O) groups excluding carboxylic acids is 1. The third-order valence-corrected chi connectivity index (χ3v) is 5.52. The van der Waals surface area contributed by atoms with Gasteiger partial charge in [0.15, 0.2) is 0 Å². The molecular formula is C25H34N2O2. The first-order chi connectivity index (χ1) is 14.0. The van der Waals surface area contributed by atoms with E-state index in [0.29, 0.717) is 5.56 Å². The van der Waals surface area contributed by atoms with Crippen molar-refractivity contribution in [3.8, 4) is 16.9 Å². The fourth-order valence-corrected chi connectivity index (χ4v) is 3.67. The minimum absolute atomic E-state index is 0.0330. The van der Waals surface area contributed by atoms with Crippen LogP contribution < -0.4 is 10.1 Å². The van der Waals surface area contributed by atoms with Crippen molar-refractivity contribution in [2.24, 2.45) is 5.92 Å². The molecule has 0 unspecified atom stereocenters. The second kappa shape index (κ2) is 10.4. The fourth-order valence-electron chi connectivity index (χ4n) is 3.67. The van der Waals surface area contributed by atoms with Crippen molar-refractivity contribution >= 4 is 5.91 Å². The van der Waals surface area contributed by atoms with Crippen LogP contribution in [-0.4, -0.2) is 43.1 Å². The Morgan fingerprint density at radius 3 is 2.21 bits per heavy atom. The Morgan fingerprint density at radius 1 is 1.03 bits per heavy atom. The summed E-state index contributed by atoms with van der Waals surface area (Å²) >= 11 is 0. The van der Waals surface area contributed by atoms with Gasteiger partial charge in [0.2, 0.25) is 0 Å². The third kappa shape index (κ3) is 6.60. The van der Waals surface area contributed by atoms with Gasteiger partial charge in [-0.05, 0) is 87.5 Å². The van der Waals surface area contributed by atoms with Crippen LogP contribution in [-0.2, 0) is 0 Å². The van der Waals surface area contributed by atoms with Crippen molar-refractivity contribution in [2.75, 3.05) is 26.2 Å². The standard InChI is InChI=1S/C25H34N2O2/c1-19(2)26-25(28)23-7-5-21(6-8-23)22-9-11-24(12-10-22)29-18-4-15-27-16-13-20(3)14-17-27/h5-12,19-20H,4,13-18H2,1-3H3,(H,26,28). The molecule has 1 heterocycles. The molecule has 0 aromatic heterocycles. The van der Waals surface area contributed by atoms with E-state index in [1.54, 1.807) is 0 Å². The Morgan fingerprint density at radius 2 is 1.62 bits per heavy atom. The Labute approximate surface area is 175 Å². The van der Waals surface area contributed by atoms with Crippen LogP contribution in [0.1, 0.15) is 50.4 Å². The second-order valence-corrected chi connectivity index (χ2v) is 8.46. The molecule has 1 N–H and O–H groups in total. The molecule has 2 aromatic carbocycles. The van der Waals surface area contributed by atoms with E-state index < -0.39 is 0 Å². The van der Waals surface area contributed by atoms with Gasteiger partial charge >= 0.3 is 0 Å². The lowest BCUT2D eigenvalue weighted by atomic mass is 9.99. The minimum Gasteiger partial charge on any atom is -0.494 e. The number of nitrogens with one attached hydrogen (secondary N) is 1. The van der Waals surface area contributed by atoms with Crippen LogP contribution in [0.5, 0.6) is 5.75 Å². The smallest absolute Gasteiger partial charge is 0.251 e. The Bertz CT molecular complexity index is 760. The molecule has 0 radical (unpaired) electrons. The van der Waals surface area contributed by atoms with Crippen molar-refractivity contribution in [3.05, 3.63) is 54.1 Å². The summed E-state index contributed by atoms with van der Waals surface area (Å²) in [6.07, 6.45) is 3.72. The molecule has 2 aromatic rings. The van der Waals surface area contributed by atoms with Gasteiger partial charge in [0, 0.05) is 18.2 Å². The Hall–Kier alpha value is -2.33. The average molecular weight is 395 g/mol. The minimum atomic E-state index is -0.0330. The topological polar surface area (TPSA) is 41.6 Å². The van der Waals surface area contributed by atoms with Gasteiger partial charge < -0.3 is 15.0 Å². The number of benzene rings is 2. The van der Waals surface area contributed by atoms with Gasteiger partial charge in [-0.3, -0.25) is 4.79 Å². The predicted octanol–water partition coefficient (Wildman–Crippen LogP) is 4.99. The molecule has 0 aliphatic carbocycles. The molecule has 0 saturated carbocycles. The summed E-state index contributed by atoms with van der Waals surface area (Å²) in [7, 11) is 0. The fraction of sp³-hybridized carbons (Fsp3) is 0.480. The van der Waals surface area contributed by atoms with E-state index in [-0.39, 0.29) is 11.9 Å². The molecule has 0 bridgehead atoms. The van der Waals surface area contributed by atoms with E-state index in [2.05, 4.69) is 29.3 Å². The van der Waals surface area contributed by atoms with E-state index in [9.17, 15) is 4.79 Å². The van der Waals surface area contributed by atoms with Crippen molar-refractivity contribution in [1.82, 2.24) is 10.2 Å². The van der Waals surface area contributed by atoms with Gasteiger partial charge in [-0.25, -0.2) is 0 Å². The highest BCUT2D eigenvalue weighted by atomic mass is 16.5. The maximum absolute atomic E-state index is 12.1. The zero-order chi connectivity index (χ0) is 20.6. The lowest BCUT2D eigenvalue weighted by Gasteiger charge is -2.30. The third-order valence-electron chi connectivity index (χ3n) is 5.52. The quantitative estimate of drug-likeness (QED) is 0.641. The van der Waals surface area contributed by atoms with Gasteiger partial charge in [0.1, 0.15) is 5.75 Å². The number of carbonyl (C=O) groups is 1. The van der Waals surface area contributed by atoms with Crippen LogP contribution in [0.3, 0.4) is 0 Å². The maximum atomic E-state index is 12.1. The van der Waals surface area contributed by atoms with E-state index in [4.69, 9.17) is 4.74 Å². The van der Waals surface area contributed by atoms with Gasteiger partial charge in [-0.15, -0.1) is 0 Å². The first kappa shape index (κ1) is 21.4. The van der Waals surface area contributed by atoms with Crippen LogP contribution in [0.25, 0.3) is 11.1 Å². The number of nitrogens with zero attached hydrogens (tertiary/aromatic N) is 1. The molecule has 1 saturated heterocycles. The molecule has 4 nitrogen and oxygen atoms in total. The van der Waals surface area contributed by atoms with E-state index >= 15 is 0 Å². The van der Waals surface area contributed by atoms with Crippen LogP contribution in [0.15, 0.2) is 48.5 Å². The summed E-state index contributed by atoms with van der Waals surface area (Å²) in [5.41, 5.74) is 2.90. The first-order valence-electron chi connectivity index (χ1n) is 10.9. The van der Waals surface area contributed by atoms with E-state index in [1.165, 1.54) is 25.9 Å². The summed E-state index contributed by atoms with van der Waals surface area (Å²) < 4.78 is 5.92. The molecule has 1 aliphatic rings. The number of rotatable bonds is 8. The summed E-state index contributed by atoms with van der Waals surface area (Å²) in [5.74, 6) is 1.76. The maximum Gasteiger partial charge on any atom is 0.251 e. The molecule has 1 fully saturated rings. The summed E-state index contributed by atoms with van der Waals surface area (Å²) in [5, 5.41) is 2.91. The Kier molecular flexibility index (Phi) is 7.70. The largest absolute Gasteiger partial charge is 0.494 e. The normalized spacial score (nSPS) is 15.4. The molecular weight excluding hydrogens is 360 g/mol. The highest BCUT2D eigenvalue weighted by Gasteiger charge is 2.14. The average Bonchev–Trinajstić information content (AvgIpc) is 2.72. The summed E-state index contributed by atoms with van der Waals surface area (Å²) in [6, 6.07) is 16.1. The zero-order valence-corrected chi connectivity index (χ0v) is 18.0. The van der Waals surface area contributed by atoms with E-state index in [0.717, 1.165) is 42.4 Å². The molecule has 3 rings (SSSR count). The molecule has 4 heteroatoms. The molecule has 0 spiro atoms. The number of amides is 1. The number of piperidine rings is 1. The molecule has 0 atom stereocenters. The molecule has 29 heavy (non-hydrogen) atoms. The van der Waals surface area contributed by atoms with Crippen molar-refractivity contribution < 1.29 is 9.53 Å². The summed E-state index contributed by atoms with van der Waals surface area (Å²) in [4.78, 5) is 14.6. The van der Waals surface area contributed by atoms with Crippen LogP contribution >= 0.6 is 0 Å². The summed E-state index contributed by atoms with van der Waals surface area (Å²) in [6.45, 7) is 10.6. The van der Waals surface area contributed by atoms with Gasteiger partial charge in [0.25, 0.3) is 5.91 Å². The molecule has 1 amide bonds. The highest BCUT2D eigenvalue weighted by Crippen LogP contribution is 2.23. The zero-order valence-electron chi connectivity index (χ0n) is 18.0. The van der Waals surface area contributed by atoms with Crippen molar-refractivity contribution in [1.29, 1.82) is 0 Å². The first-order valence-corrected chi connectivity index (χ1v) is 10.9. The monoisotopic (exact) mass is 394 g/mol. The second-order valence-electron chi connectivity index (χ2n) is 8.46. The predicted molar refractivity (Wildman–Crippen MR) is 119 cm³/mol. The number of hydrogen-bond donors (Lipinski definition) is 1. The van der Waals surface area contributed by atoms with Crippen LogP contribution in [0, 0.1) is 5.92 Å². The molecule has 1 aliphatic heterocycles. The lowest BCUT2D eigenvalue weighted by Crippen LogP contribution is -2.34. The van der Waals surface area contributed by atoms with Crippen LogP contribution in [0.2, 0.25) is 0 Å². The SMILES string of the molecule is CC1CCN(CCCOc2ccc(-c3ccc(C(=O)NC(C)C)cc3)cc2)CC1. The Balaban J connectivity index is 1.45. The van der Waals surface area contributed by atoms with Gasteiger partial charge in [-0.2, -0.15) is 0 Å². The van der Waals surface area contributed by atoms with Crippen molar-refractivity contribution in [2.45, 2.75) is 46.1 Å². The molecule has 156 valence electrons. The highest BCUT2D eigenvalue weighted by molar-refractivity contribution is 5.94. The number of ether oxygens (including phenoxy) is 1.